The molecule has 0 aromatic carbocycles. The summed E-state index contributed by atoms with van der Waals surface area (Å²) in [6.45, 7) is 2.17. The number of amides is 2. The number of primary amides is 1. The lowest BCUT2D eigenvalue weighted by Gasteiger charge is -2.22. The van der Waals surface area contributed by atoms with Crippen LogP contribution < -0.4 is 22.8 Å². The molecule has 214 valence electrons. The molecule has 39 heavy (non-hydrogen) atoms. The number of aromatic amines is 1. The summed E-state index contributed by atoms with van der Waals surface area (Å²) >= 11 is 0. The quantitative estimate of drug-likeness (QED) is 0.0902. The molecule has 0 bridgehead atoms. The molecule has 2 aliphatic rings. The maximum atomic E-state index is 12.7. The lowest BCUT2D eigenvalue weighted by atomic mass is 10.2. The number of urea groups is 1. The van der Waals surface area contributed by atoms with E-state index in [0.29, 0.717) is 0 Å². The number of nitrogens with one attached hydrogen (secondary N) is 1. The van der Waals surface area contributed by atoms with E-state index in [0.717, 1.165) is 11.2 Å². The predicted octanol–water partition coefficient (Wildman–Crippen LogP) is -2.20. The minimum absolute atomic E-state index is 0.0138. The van der Waals surface area contributed by atoms with Crippen LogP contribution in [0.4, 0.5) is 10.7 Å². The number of aliphatic hydroxyl groups is 2. The van der Waals surface area contributed by atoms with Gasteiger partial charge in [0.15, 0.2) is 11.2 Å². The Balaban J connectivity index is 1.38. The van der Waals surface area contributed by atoms with Crippen molar-refractivity contribution in [1.82, 2.24) is 24.4 Å². The van der Waals surface area contributed by atoms with Crippen molar-refractivity contribution in [2.45, 2.75) is 49.7 Å². The van der Waals surface area contributed by atoms with Crippen molar-refractivity contribution in [3.63, 3.8) is 0 Å². The SMILES string of the molecule is C=C(N)N=CN(C(N)=O)[C@H]1CC(OP(=O)(O)OC[C@H]2O[C@@H](n3cnc4c(=O)[nH]c(N)nc43)CC2O)[C@@H](CO)O1. The lowest BCUT2D eigenvalue weighted by Crippen LogP contribution is -2.43. The zero-order valence-electron chi connectivity index (χ0n) is 20.3. The standard InChI is InChI=1S/C19H28N9O10P/c1-8(20)23-6-28(19(22)32)14-3-10(11(4-29)36-14)38-39(33,34)35-5-12-9(30)2-13(37-12)27-7-24-15-16(27)25-18(21)26-17(15)31/h6-7,9-14,29-30H,1-5,20H2,(H2,22,32)(H,33,34)(H3,21,25,26,31)/t9?,10?,11-,12-,13-,14-/m1/s1. The number of aromatic nitrogens is 4. The minimum atomic E-state index is -4.79. The van der Waals surface area contributed by atoms with Crippen LogP contribution in [0.3, 0.4) is 0 Å². The molecule has 19 nitrogen and oxygen atoms in total. The summed E-state index contributed by atoms with van der Waals surface area (Å²) in [5.41, 5.74) is 15.9. The maximum absolute atomic E-state index is 12.7. The van der Waals surface area contributed by atoms with Crippen molar-refractivity contribution in [3.05, 3.63) is 29.1 Å². The number of fused-ring (bicyclic) bond motifs is 1. The second-order valence-corrected chi connectivity index (χ2v) is 10.1. The molecule has 0 spiro atoms. The summed E-state index contributed by atoms with van der Waals surface area (Å²) in [6, 6.07) is -0.971. The van der Waals surface area contributed by atoms with Gasteiger partial charge >= 0.3 is 13.9 Å². The van der Waals surface area contributed by atoms with Gasteiger partial charge in [-0.25, -0.2) is 19.3 Å². The van der Waals surface area contributed by atoms with Gasteiger partial charge in [-0.2, -0.15) is 4.98 Å². The average Bonchev–Trinajstić information content (AvgIpc) is 3.54. The van der Waals surface area contributed by atoms with Crippen molar-refractivity contribution in [3.8, 4) is 0 Å². The number of nitrogens with zero attached hydrogens (tertiary/aromatic N) is 5. The van der Waals surface area contributed by atoms with Crippen LogP contribution in [-0.4, -0.2) is 95.8 Å². The van der Waals surface area contributed by atoms with Gasteiger partial charge in [0.1, 0.15) is 42.9 Å². The second-order valence-electron chi connectivity index (χ2n) is 8.64. The van der Waals surface area contributed by atoms with Gasteiger partial charge in [0.2, 0.25) is 5.95 Å². The molecule has 2 saturated heterocycles. The van der Waals surface area contributed by atoms with E-state index in [1.807, 2.05) is 0 Å². The van der Waals surface area contributed by atoms with Gasteiger partial charge in [0.25, 0.3) is 5.56 Å². The average molecular weight is 573 g/mol. The number of ether oxygens (including phenoxy) is 2. The van der Waals surface area contributed by atoms with Crippen molar-refractivity contribution >= 4 is 37.3 Å². The molecule has 2 aromatic rings. The van der Waals surface area contributed by atoms with Crippen LogP contribution in [0, 0.1) is 0 Å². The van der Waals surface area contributed by atoms with Gasteiger partial charge in [-0.3, -0.25) is 28.3 Å². The van der Waals surface area contributed by atoms with E-state index in [1.165, 1.54) is 10.9 Å². The molecule has 2 aliphatic heterocycles. The molecule has 10 N–H and O–H groups in total. The number of nitrogen functional groups attached to an aromatic ring is 1. The number of aliphatic imine (C=N–C) groups is 1. The molecule has 0 aliphatic carbocycles. The van der Waals surface area contributed by atoms with E-state index in [2.05, 4.69) is 26.5 Å². The largest absolute Gasteiger partial charge is 0.472 e. The third-order valence-electron chi connectivity index (χ3n) is 5.91. The highest BCUT2D eigenvalue weighted by Gasteiger charge is 2.44. The van der Waals surface area contributed by atoms with Crippen LogP contribution in [0.2, 0.25) is 0 Å². The number of hydrogen-bond donors (Lipinski definition) is 7. The summed E-state index contributed by atoms with van der Waals surface area (Å²) in [5.74, 6) is -0.255. The lowest BCUT2D eigenvalue weighted by molar-refractivity contribution is -0.0568. The number of H-pyrrole nitrogens is 1. The number of nitrogens with two attached hydrogens (primary N) is 3. The summed E-state index contributed by atoms with van der Waals surface area (Å²) in [4.78, 5) is 49.0. The fraction of sp³-hybridized carbons (Fsp3) is 0.526. The van der Waals surface area contributed by atoms with Crippen LogP contribution >= 0.6 is 7.82 Å². The Morgan fingerprint density at radius 2 is 2.13 bits per heavy atom. The molecule has 3 unspecified atom stereocenters. The molecule has 20 heteroatoms. The third kappa shape index (κ3) is 6.43. The molecule has 2 amide bonds. The first-order chi connectivity index (χ1) is 18.4. The van der Waals surface area contributed by atoms with Crippen molar-refractivity contribution in [2.75, 3.05) is 18.9 Å². The Labute approximate surface area is 219 Å². The van der Waals surface area contributed by atoms with Crippen LogP contribution in [0.15, 0.2) is 28.5 Å². The molecular weight excluding hydrogens is 545 g/mol. The van der Waals surface area contributed by atoms with Crippen LogP contribution in [-0.2, 0) is 23.1 Å². The van der Waals surface area contributed by atoms with Crippen molar-refractivity contribution in [2.24, 2.45) is 16.5 Å². The van der Waals surface area contributed by atoms with E-state index in [1.54, 1.807) is 0 Å². The van der Waals surface area contributed by atoms with Gasteiger partial charge in [-0.05, 0) is 0 Å². The second kappa shape index (κ2) is 11.4. The summed E-state index contributed by atoms with van der Waals surface area (Å²) in [5, 5.41) is 20.1. The van der Waals surface area contributed by atoms with Gasteiger partial charge in [-0.1, -0.05) is 6.58 Å². The normalized spacial score (nSPS) is 28.7. The predicted molar refractivity (Wildman–Crippen MR) is 131 cm³/mol. The highest BCUT2D eigenvalue weighted by Crippen LogP contribution is 2.48. The number of rotatable bonds is 10. The zero-order valence-corrected chi connectivity index (χ0v) is 21.2. The summed E-state index contributed by atoms with van der Waals surface area (Å²) in [6.07, 6.45) is -4.34. The Kier molecular flexibility index (Phi) is 8.33. The Morgan fingerprint density at radius 1 is 1.38 bits per heavy atom. The Morgan fingerprint density at radius 3 is 2.79 bits per heavy atom. The summed E-state index contributed by atoms with van der Waals surface area (Å²) in [7, 11) is -4.79. The number of aliphatic hydroxyl groups excluding tert-OH is 2. The van der Waals surface area contributed by atoms with E-state index in [4.69, 9.17) is 35.7 Å². The number of imidazole rings is 1. The molecule has 4 heterocycles. The highest BCUT2D eigenvalue weighted by atomic mass is 31.2. The third-order valence-corrected chi connectivity index (χ3v) is 6.92. The van der Waals surface area contributed by atoms with Crippen LogP contribution in [0.1, 0.15) is 19.1 Å². The monoisotopic (exact) mass is 573 g/mol. The number of carbonyl (C=O) groups is 1. The number of phosphoric ester groups is 1. The van der Waals surface area contributed by atoms with Gasteiger partial charge in [0, 0.05) is 12.8 Å². The zero-order chi connectivity index (χ0) is 28.5. The van der Waals surface area contributed by atoms with Crippen LogP contribution in [0.25, 0.3) is 11.2 Å². The van der Waals surface area contributed by atoms with E-state index < -0.39 is 69.5 Å². The number of hydrogen-bond acceptors (Lipinski definition) is 14. The highest BCUT2D eigenvalue weighted by molar-refractivity contribution is 7.47. The number of carbonyl (C=O) groups excluding carboxylic acids is 1. The molecule has 0 saturated carbocycles. The fourth-order valence-electron chi connectivity index (χ4n) is 4.11. The van der Waals surface area contributed by atoms with E-state index in [9.17, 15) is 29.3 Å². The topological polar surface area (TPSA) is 289 Å². The Bertz CT molecular complexity index is 1360. The Hall–Kier alpha value is -3.42. The van der Waals surface area contributed by atoms with Crippen molar-refractivity contribution in [1.29, 1.82) is 0 Å². The van der Waals surface area contributed by atoms with E-state index in [-0.39, 0.29) is 35.8 Å². The maximum Gasteiger partial charge on any atom is 0.472 e. The van der Waals surface area contributed by atoms with Crippen LogP contribution in [0.5, 0.6) is 0 Å². The van der Waals surface area contributed by atoms with E-state index >= 15 is 0 Å². The molecule has 2 fully saturated rings. The van der Waals surface area contributed by atoms with Gasteiger partial charge in [0.05, 0.1) is 25.6 Å². The molecule has 7 atom stereocenters. The minimum Gasteiger partial charge on any atom is -0.394 e. The molecular formula is C19H28N9O10P. The van der Waals surface area contributed by atoms with Crippen molar-refractivity contribution < 1.29 is 43.0 Å². The smallest absolute Gasteiger partial charge is 0.394 e. The summed E-state index contributed by atoms with van der Waals surface area (Å²) < 4.78 is 35.6. The van der Waals surface area contributed by atoms with Gasteiger partial charge < -0.3 is 41.8 Å². The molecule has 2 aromatic heterocycles. The molecule has 0 radical (unpaired) electrons. The number of anilines is 1. The first-order valence-corrected chi connectivity index (χ1v) is 12.9. The fourth-order valence-corrected chi connectivity index (χ4v) is 5.07. The number of phosphoric acid groups is 1. The first kappa shape index (κ1) is 28.6. The molecule has 4 rings (SSSR count). The van der Waals surface area contributed by atoms with Gasteiger partial charge in [-0.15, -0.1) is 0 Å². The first-order valence-electron chi connectivity index (χ1n) is 11.4.